The molecule has 2 aliphatic heterocycles. The Morgan fingerprint density at radius 1 is 1.02 bits per heavy atom. The maximum absolute atomic E-state index is 14.0. The standard InChI is InChI=1S/C31H38O8S/c1-17-10-8-9-13-21(32)12-7-5-4-6-11-20-14-18(2)19(3)15-31(20)28(35)24(30(38)39-31)25(33)22-16-40-27(23(17)22)26(34)29(36)37/h4-9,14,17,19-23,27,32,35H,10-13,15-16H2,1-3H3,(H,36,37)/b6-4+,7-5+,9-8+/t17?,19?,20?,21?,22-,23-,27+,31?/m1/s1. The van der Waals surface area contributed by atoms with Crippen LogP contribution in [-0.4, -0.2) is 61.5 Å². The molecule has 0 saturated carbocycles. The second kappa shape index (κ2) is 12.3. The fourth-order valence-corrected chi connectivity index (χ4v) is 8.12. The normalized spacial score (nSPS) is 39.5. The van der Waals surface area contributed by atoms with Crippen LogP contribution >= 0.6 is 11.8 Å². The lowest BCUT2D eigenvalue weighted by Crippen LogP contribution is -2.44. The first-order valence-corrected chi connectivity index (χ1v) is 15.0. The summed E-state index contributed by atoms with van der Waals surface area (Å²) in [5.41, 5.74) is -0.648. The van der Waals surface area contributed by atoms with Crippen molar-refractivity contribution in [3.05, 3.63) is 59.4 Å². The van der Waals surface area contributed by atoms with Gasteiger partial charge in [0.05, 0.1) is 11.4 Å². The summed E-state index contributed by atoms with van der Waals surface area (Å²) in [7, 11) is 0. The van der Waals surface area contributed by atoms with E-state index in [1.165, 1.54) is 0 Å². The van der Waals surface area contributed by atoms with Gasteiger partial charge in [-0.1, -0.05) is 62.0 Å². The predicted octanol–water partition coefficient (Wildman–Crippen LogP) is 4.51. The van der Waals surface area contributed by atoms with E-state index < -0.39 is 58.2 Å². The van der Waals surface area contributed by atoms with Gasteiger partial charge >= 0.3 is 11.9 Å². The molecule has 9 heteroatoms. The molecule has 40 heavy (non-hydrogen) atoms. The van der Waals surface area contributed by atoms with Crippen LogP contribution in [0.15, 0.2) is 59.4 Å². The number of ketones is 2. The summed E-state index contributed by atoms with van der Waals surface area (Å²) in [6.07, 6.45) is 14.8. The fourth-order valence-electron chi connectivity index (χ4n) is 6.40. The van der Waals surface area contributed by atoms with E-state index in [2.05, 4.69) is 0 Å². The lowest BCUT2D eigenvalue weighted by atomic mass is 9.69. The van der Waals surface area contributed by atoms with Gasteiger partial charge in [0.1, 0.15) is 5.57 Å². The topological polar surface area (TPSA) is 138 Å². The zero-order valence-corrected chi connectivity index (χ0v) is 23.9. The van der Waals surface area contributed by atoms with Crippen molar-refractivity contribution in [2.45, 2.75) is 69.8 Å². The third-order valence-electron chi connectivity index (χ3n) is 8.81. The molecule has 1 saturated heterocycles. The van der Waals surface area contributed by atoms with Crippen molar-refractivity contribution in [1.82, 2.24) is 0 Å². The summed E-state index contributed by atoms with van der Waals surface area (Å²) in [6, 6.07) is 0. The minimum absolute atomic E-state index is 0.00628. The molecule has 0 aromatic carbocycles. The summed E-state index contributed by atoms with van der Waals surface area (Å²) in [6.45, 7) is 5.83. The number of Topliss-reactive ketones (excluding diaryl/α,β-unsaturated/α-hetero) is 2. The number of allylic oxidation sites excluding steroid dienone is 5. The largest absolute Gasteiger partial charge is 0.507 e. The van der Waals surface area contributed by atoms with Gasteiger partial charge in [0.15, 0.2) is 17.1 Å². The number of carbonyl (C=O) groups excluding carboxylic acids is 3. The first-order valence-electron chi connectivity index (χ1n) is 13.9. The summed E-state index contributed by atoms with van der Waals surface area (Å²) in [5, 5.41) is 30.4. The minimum atomic E-state index is -1.56. The van der Waals surface area contributed by atoms with Crippen LogP contribution in [0.5, 0.6) is 0 Å². The Hall–Kier alpha value is -2.91. The monoisotopic (exact) mass is 570 g/mol. The van der Waals surface area contributed by atoms with Gasteiger partial charge in [-0.25, -0.2) is 9.59 Å². The van der Waals surface area contributed by atoms with Gasteiger partial charge in [-0.15, -0.1) is 11.8 Å². The number of aliphatic hydroxyl groups is 2. The van der Waals surface area contributed by atoms with E-state index >= 15 is 0 Å². The summed E-state index contributed by atoms with van der Waals surface area (Å²) >= 11 is 1.11. The van der Waals surface area contributed by atoms with Crippen molar-refractivity contribution in [1.29, 1.82) is 0 Å². The van der Waals surface area contributed by atoms with Crippen molar-refractivity contribution >= 4 is 35.3 Å². The number of rotatable bonds is 2. The molecule has 216 valence electrons. The zero-order valence-electron chi connectivity index (χ0n) is 23.1. The van der Waals surface area contributed by atoms with E-state index in [9.17, 15) is 34.5 Å². The highest BCUT2D eigenvalue weighted by molar-refractivity contribution is 8.01. The molecule has 0 radical (unpaired) electrons. The predicted molar refractivity (Wildman–Crippen MR) is 151 cm³/mol. The molecule has 8 nitrogen and oxygen atoms in total. The second-order valence-electron chi connectivity index (χ2n) is 11.5. The lowest BCUT2D eigenvalue weighted by molar-refractivity contribution is -0.154. The molecule has 2 bridgehead atoms. The zero-order chi connectivity index (χ0) is 29.2. The van der Waals surface area contributed by atoms with Crippen LogP contribution in [0.1, 0.15) is 52.9 Å². The SMILES string of the molecule is CC1=CC2C/C=C/C=C/CC(O)C/C=C/CC(C)[C@H]3[C@@H](C(=O)C(=O)O)SC[C@H]3C(=O)C3=C(O)C2(CC1C)OC3=O. The Balaban J connectivity index is 1.79. The minimum Gasteiger partial charge on any atom is -0.507 e. The van der Waals surface area contributed by atoms with Crippen molar-refractivity contribution in [3.63, 3.8) is 0 Å². The summed E-state index contributed by atoms with van der Waals surface area (Å²) in [4.78, 5) is 51.6. The summed E-state index contributed by atoms with van der Waals surface area (Å²) in [5.74, 6) is -6.37. The molecule has 5 unspecified atom stereocenters. The number of aliphatic hydroxyl groups excluding tert-OH is 2. The lowest BCUT2D eigenvalue weighted by Gasteiger charge is -2.40. The fraction of sp³-hybridized carbons (Fsp3) is 0.548. The van der Waals surface area contributed by atoms with Gasteiger partial charge in [0.2, 0.25) is 0 Å². The third kappa shape index (κ3) is 5.77. The van der Waals surface area contributed by atoms with Crippen LogP contribution in [0.3, 0.4) is 0 Å². The van der Waals surface area contributed by atoms with Gasteiger partial charge < -0.3 is 20.1 Å². The Bertz CT molecular complexity index is 1210. The van der Waals surface area contributed by atoms with Crippen molar-refractivity contribution in [3.8, 4) is 0 Å². The molecule has 0 aromatic heterocycles. The molecule has 0 amide bonds. The molecule has 3 N–H and O–H groups in total. The molecule has 0 aromatic rings. The second-order valence-corrected chi connectivity index (χ2v) is 12.7. The van der Waals surface area contributed by atoms with Crippen LogP contribution in [0.4, 0.5) is 0 Å². The van der Waals surface area contributed by atoms with E-state index in [1.54, 1.807) is 0 Å². The molecular formula is C31H38O8S. The van der Waals surface area contributed by atoms with Crippen molar-refractivity contribution in [2.24, 2.45) is 29.6 Å². The Morgan fingerprint density at radius 3 is 2.38 bits per heavy atom. The van der Waals surface area contributed by atoms with Crippen LogP contribution in [0.25, 0.3) is 0 Å². The van der Waals surface area contributed by atoms with Crippen molar-refractivity contribution in [2.75, 3.05) is 5.75 Å². The maximum Gasteiger partial charge on any atom is 0.373 e. The molecule has 2 aliphatic carbocycles. The van der Waals surface area contributed by atoms with Gasteiger partial charge in [-0.2, -0.15) is 0 Å². The highest BCUT2D eigenvalue weighted by atomic mass is 32.2. The van der Waals surface area contributed by atoms with Crippen molar-refractivity contribution < 1.29 is 39.2 Å². The third-order valence-corrected chi connectivity index (χ3v) is 10.2. The smallest absolute Gasteiger partial charge is 0.373 e. The number of carbonyl (C=O) groups is 4. The Kier molecular flexibility index (Phi) is 9.25. The molecule has 2 heterocycles. The molecule has 8 atom stereocenters. The number of hydrogen-bond acceptors (Lipinski definition) is 8. The maximum atomic E-state index is 14.0. The van der Waals surface area contributed by atoms with Crippen LogP contribution in [0, 0.1) is 29.6 Å². The number of fused-ring (bicyclic) bond motifs is 1. The number of carboxylic acid groups (broad SMARTS) is 1. The highest BCUT2D eigenvalue weighted by Gasteiger charge is 2.58. The van der Waals surface area contributed by atoms with Gasteiger partial charge in [0, 0.05) is 24.0 Å². The summed E-state index contributed by atoms with van der Waals surface area (Å²) < 4.78 is 5.91. The molecule has 1 spiro atoms. The van der Waals surface area contributed by atoms with Crippen LogP contribution in [0.2, 0.25) is 0 Å². The van der Waals surface area contributed by atoms with Gasteiger partial charge in [0.25, 0.3) is 5.78 Å². The van der Waals surface area contributed by atoms with E-state index in [0.29, 0.717) is 32.1 Å². The van der Waals surface area contributed by atoms with Gasteiger partial charge in [-0.3, -0.25) is 9.59 Å². The molecular weight excluding hydrogens is 532 g/mol. The quantitative estimate of drug-likeness (QED) is 0.189. The highest BCUT2D eigenvalue weighted by Crippen LogP contribution is 2.51. The van der Waals surface area contributed by atoms with Gasteiger partial charge in [-0.05, 0) is 50.4 Å². The van der Waals surface area contributed by atoms with E-state index in [-0.39, 0.29) is 28.9 Å². The average Bonchev–Trinajstić information content (AvgIpc) is 3.44. The number of hydrogen-bond donors (Lipinski definition) is 3. The number of ether oxygens (including phenoxy) is 1. The first-order chi connectivity index (χ1) is 19.0. The van der Waals surface area contributed by atoms with Crippen LogP contribution in [-0.2, 0) is 23.9 Å². The number of esters is 1. The van der Waals surface area contributed by atoms with E-state index in [4.69, 9.17) is 4.74 Å². The Morgan fingerprint density at radius 2 is 1.68 bits per heavy atom. The first kappa shape index (κ1) is 30.1. The number of aliphatic carboxylic acids is 1. The van der Waals surface area contributed by atoms with E-state index in [1.807, 2.05) is 63.3 Å². The number of thioether (sulfide) groups is 1. The van der Waals surface area contributed by atoms with Crippen LogP contribution < -0.4 is 0 Å². The average molecular weight is 571 g/mol. The number of carboxylic acids is 1. The molecule has 4 aliphatic rings. The molecule has 4 rings (SSSR count). The Labute approximate surface area is 238 Å². The van der Waals surface area contributed by atoms with E-state index in [0.717, 1.165) is 17.3 Å². The molecule has 1 fully saturated rings.